The molecule has 35 heavy (non-hydrogen) atoms. The third-order valence-electron chi connectivity index (χ3n) is 5.87. The molecule has 0 bridgehead atoms. The van der Waals surface area contributed by atoms with Crippen molar-refractivity contribution in [1.29, 1.82) is 0 Å². The highest BCUT2D eigenvalue weighted by Gasteiger charge is 2.46. The number of hydrogen-bond acceptors (Lipinski definition) is 5. The number of piperidine rings is 1. The molecule has 2 aromatic heterocycles. The molecule has 1 saturated heterocycles. The van der Waals surface area contributed by atoms with E-state index in [1.54, 1.807) is 24.0 Å². The molecule has 3 heterocycles. The summed E-state index contributed by atoms with van der Waals surface area (Å²) < 4.78 is 74.8. The molecule has 2 atom stereocenters. The van der Waals surface area contributed by atoms with Crippen molar-refractivity contribution in [3.63, 3.8) is 0 Å². The Hall–Kier alpha value is -3.60. The van der Waals surface area contributed by atoms with E-state index in [9.17, 15) is 26.7 Å². The van der Waals surface area contributed by atoms with E-state index >= 15 is 0 Å². The SMILES string of the molecule is CC(C(=O)Nc1ccc(Oc2c(F)cc(F)cc2F)cn1)N1CCC(F)(F)C(c2ccncc2)C1. The summed E-state index contributed by atoms with van der Waals surface area (Å²) >= 11 is 0. The highest BCUT2D eigenvalue weighted by atomic mass is 19.3. The van der Waals surface area contributed by atoms with Crippen LogP contribution in [0.1, 0.15) is 24.8 Å². The molecule has 0 aliphatic carbocycles. The number of alkyl halides is 2. The first-order chi connectivity index (χ1) is 16.6. The summed E-state index contributed by atoms with van der Waals surface area (Å²) in [4.78, 5) is 22.3. The number of anilines is 1. The molecule has 1 amide bonds. The number of nitrogens with zero attached hydrogens (tertiary/aromatic N) is 3. The molecule has 0 radical (unpaired) electrons. The Balaban J connectivity index is 1.40. The lowest BCUT2D eigenvalue weighted by Gasteiger charge is -2.40. The zero-order valence-electron chi connectivity index (χ0n) is 18.5. The number of amides is 1. The van der Waals surface area contributed by atoms with Crippen LogP contribution >= 0.6 is 0 Å². The molecule has 4 rings (SSSR count). The number of benzene rings is 1. The van der Waals surface area contributed by atoms with E-state index in [1.807, 2.05) is 0 Å². The summed E-state index contributed by atoms with van der Waals surface area (Å²) in [6.07, 6.45) is 3.65. The Kier molecular flexibility index (Phi) is 6.97. The number of carbonyl (C=O) groups is 1. The summed E-state index contributed by atoms with van der Waals surface area (Å²) in [5.74, 6) is -8.66. The van der Waals surface area contributed by atoms with Crippen molar-refractivity contribution in [3.05, 3.63) is 78.0 Å². The van der Waals surface area contributed by atoms with Gasteiger partial charge in [-0.05, 0) is 36.8 Å². The second kappa shape index (κ2) is 9.95. The van der Waals surface area contributed by atoms with Crippen LogP contribution in [0.3, 0.4) is 0 Å². The Morgan fingerprint density at radius 1 is 1.14 bits per heavy atom. The Morgan fingerprint density at radius 3 is 2.46 bits per heavy atom. The minimum atomic E-state index is -2.91. The number of carbonyl (C=O) groups excluding carboxylic acids is 1. The van der Waals surface area contributed by atoms with Crippen LogP contribution in [0.5, 0.6) is 11.5 Å². The van der Waals surface area contributed by atoms with Crippen LogP contribution in [-0.2, 0) is 4.79 Å². The van der Waals surface area contributed by atoms with Crippen LogP contribution in [0.15, 0.2) is 55.0 Å². The quantitative estimate of drug-likeness (QED) is 0.483. The zero-order chi connectivity index (χ0) is 25.2. The molecule has 1 aliphatic rings. The molecule has 6 nitrogen and oxygen atoms in total. The first-order valence-corrected chi connectivity index (χ1v) is 10.7. The van der Waals surface area contributed by atoms with E-state index in [0.29, 0.717) is 17.7 Å². The molecule has 2 unspecified atom stereocenters. The standard InChI is InChI=1S/C24H21F5N4O2/c1-14(33-9-6-24(28,29)18(13-33)15-4-7-30-8-5-15)23(34)32-21-3-2-17(12-31-21)35-22-19(26)10-16(25)11-20(22)27/h2-5,7-8,10-12,14,18H,6,9,13H2,1H3,(H,31,32,34). The monoisotopic (exact) mass is 492 g/mol. The van der Waals surface area contributed by atoms with Crippen molar-refractivity contribution in [1.82, 2.24) is 14.9 Å². The molecule has 1 aromatic carbocycles. The molecule has 0 spiro atoms. The summed E-state index contributed by atoms with van der Waals surface area (Å²) in [6.45, 7) is 1.64. The van der Waals surface area contributed by atoms with Crippen molar-refractivity contribution in [3.8, 4) is 11.5 Å². The van der Waals surface area contributed by atoms with Crippen molar-refractivity contribution >= 4 is 11.7 Å². The van der Waals surface area contributed by atoms with E-state index in [1.165, 1.54) is 24.5 Å². The lowest BCUT2D eigenvalue weighted by atomic mass is 9.87. The summed E-state index contributed by atoms with van der Waals surface area (Å²) in [6, 6.07) is 6.00. The third-order valence-corrected chi connectivity index (χ3v) is 5.87. The number of rotatable bonds is 6. The zero-order valence-corrected chi connectivity index (χ0v) is 18.5. The van der Waals surface area contributed by atoms with Crippen LogP contribution in [0.4, 0.5) is 27.8 Å². The molecule has 1 N–H and O–H groups in total. The fourth-order valence-corrected chi connectivity index (χ4v) is 3.88. The second-order valence-corrected chi connectivity index (χ2v) is 8.18. The number of hydrogen-bond donors (Lipinski definition) is 1. The molecular formula is C24H21F5N4O2. The molecule has 11 heteroatoms. The number of ether oxygens (including phenoxy) is 1. The van der Waals surface area contributed by atoms with Crippen LogP contribution in [-0.4, -0.2) is 45.8 Å². The van der Waals surface area contributed by atoms with Crippen molar-refractivity contribution in [2.75, 3.05) is 18.4 Å². The number of halogens is 5. The van der Waals surface area contributed by atoms with E-state index in [-0.39, 0.29) is 24.7 Å². The Morgan fingerprint density at radius 2 is 1.83 bits per heavy atom. The lowest BCUT2D eigenvalue weighted by Crippen LogP contribution is -2.52. The number of nitrogens with one attached hydrogen (secondary N) is 1. The Labute approximate surface area is 197 Å². The first kappa shape index (κ1) is 24.5. The van der Waals surface area contributed by atoms with Crippen molar-refractivity contribution in [2.24, 2.45) is 0 Å². The maximum atomic E-state index is 14.6. The number of likely N-dealkylation sites (tertiary alicyclic amines) is 1. The fourth-order valence-electron chi connectivity index (χ4n) is 3.88. The van der Waals surface area contributed by atoms with Crippen LogP contribution in [0.2, 0.25) is 0 Å². The van der Waals surface area contributed by atoms with Crippen LogP contribution in [0.25, 0.3) is 0 Å². The van der Waals surface area contributed by atoms with Gasteiger partial charge in [0.2, 0.25) is 5.91 Å². The van der Waals surface area contributed by atoms with Gasteiger partial charge in [0.15, 0.2) is 17.4 Å². The first-order valence-electron chi connectivity index (χ1n) is 10.7. The second-order valence-electron chi connectivity index (χ2n) is 8.18. The van der Waals surface area contributed by atoms with Gasteiger partial charge in [-0.1, -0.05) is 0 Å². The van der Waals surface area contributed by atoms with Gasteiger partial charge in [-0.3, -0.25) is 14.7 Å². The largest absolute Gasteiger partial charge is 0.450 e. The highest BCUT2D eigenvalue weighted by Crippen LogP contribution is 2.40. The smallest absolute Gasteiger partial charge is 0.257 e. The van der Waals surface area contributed by atoms with Gasteiger partial charge in [0, 0.05) is 44.0 Å². The maximum absolute atomic E-state index is 14.6. The summed E-state index contributed by atoms with van der Waals surface area (Å²) in [5.41, 5.74) is 0.452. The molecule has 1 fully saturated rings. The van der Waals surface area contributed by atoms with Crippen LogP contribution < -0.4 is 10.1 Å². The van der Waals surface area contributed by atoms with E-state index in [4.69, 9.17) is 4.74 Å². The minimum Gasteiger partial charge on any atom is -0.450 e. The molecule has 3 aromatic rings. The number of pyridine rings is 2. The normalized spacial score (nSPS) is 18.6. The summed E-state index contributed by atoms with van der Waals surface area (Å²) in [5, 5.41) is 2.59. The van der Waals surface area contributed by atoms with Crippen molar-refractivity contribution < 1.29 is 31.5 Å². The van der Waals surface area contributed by atoms with Gasteiger partial charge in [0.05, 0.1) is 18.2 Å². The molecule has 184 valence electrons. The van der Waals surface area contributed by atoms with Gasteiger partial charge in [-0.25, -0.2) is 26.9 Å². The average Bonchev–Trinajstić information content (AvgIpc) is 2.82. The van der Waals surface area contributed by atoms with E-state index in [2.05, 4.69) is 15.3 Å². The van der Waals surface area contributed by atoms with Crippen LogP contribution in [0, 0.1) is 17.5 Å². The predicted octanol–water partition coefficient (Wildman–Crippen LogP) is 5.14. The average molecular weight is 492 g/mol. The van der Waals surface area contributed by atoms with Gasteiger partial charge >= 0.3 is 0 Å². The predicted molar refractivity (Wildman–Crippen MR) is 117 cm³/mol. The van der Waals surface area contributed by atoms with Crippen molar-refractivity contribution in [2.45, 2.75) is 31.2 Å². The van der Waals surface area contributed by atoms with Gasteiger partial charge in [0.25, 0.3) is 5.92 Å². The van der Waals surface area contributed by atoms with Gasteiger partial charge in [0.1, 0.15) is 17.4 Å². The lowest BCUT2D eigenvalue weighted by molar-refractivity contribution is -0.125. The summed E-state index contributed by atoms with van der Waals surface area (Å²) in [7, 11) is 0. The molecule has 0 saturated carbocycles. The minimum absolute atomic E-state index is 0.0133. The van der Waals surface area contributed by atoms with Gasteiger partial charge in [-0.2, -0.15) is 0 Å². The topological polar surface area (TPSA) is 67.3 Å². The fraction of sp³-hybridized carbons (Fsp3) is 0.292. The molecular weight excluding hydrogens is 471 g/mol. The maximum Gasteiger partial charge on any atom is 0.257 e. The van der Waals surface area contributed by atoms with Gasteiger partial charge < -0.3 is 10.1 Å². The highest BCUT2D eigenvalue weighted by molar-refractivity contribution is 5.93. The molecule has 1 aliphatic heterocycles. The van der Waals surface area contributed by atoms with E-state index in [0.717, 1.165) is 6.20 Å². The number of aromatic nitrogens is 2. The van der Waals surface area contributed by atoms with Gasteiger partial charge in [-0.15, -0.1) is 0 Å². The van der Waals surface area contributed by atoms with E-state index < -0.39 is 53.4 Å². The third kappa shape index (κ3) is 5.56. The Bertz CT molecular complexity index is 1170.